The van der Waals surface area contributed by atoms with Gasteiger partial charge in [-0.3, -0.25) is 0 Å². The van der Waals surface area contributed by atoms with Gasteiger partial charge in [-0.2, -0.15) is 0 Å². The Morgan fingerprint density at radius 3 is 1.35 bits per heavy atom. The Bertz CT molecular complexity index is 4920. The topological polar surface area (TPSA) is 13.1 Å². The van der Waals surface area contributed by atoms with E-state index in [2.05, 4.69) is 133 Å². The van der Waals surface area contributed by atoms with E-state index in [0.717, 1.165) is 38.1 Å². The van der Waals surface area contributed by atoms with E-state index in [1.54, 1.807) is 0 Å². The molecule has 0 fully saturated rings. The van der Waals surface area contributed by atoms with Crippen LogP contribution in [0.5, 0.6) is 0 Å². The van der Waals surface area contributed by atoms with Crippen molar-refractivity contribution in [3.63, 3.8) is 0 Å². The van der Waals surface area contributed by atoms with Crippen LogP contribution in [0.15, 0.2) is 271 Å². The molecule has 0 N–H and O–H groups in total. The maximum atomic E-state index is 9.13. The molecule has 1 nitrogen and oxygen atoms in total. The first-order chi connectivity index (χ1) is 38.6. The largest absolute Gasteiger partial charge is 0.456 e. The van der Waals surface area contributed by atoms with Gasteiger partial charge in [-0.1, -0.05) is 242 Å². The van der Waals surface area contributed by atoms with Crippen molar-refractivity contribution in [3.8, 4) is 44.5 Å². The quantitative estimate of drug-likeness (QED) is 0.160. The molecule has 14 aromatic carbocycles. The Labute approximate surface area is 422 Å². The van der Waals surface area contributed by atoms with Crippen LogP contribution in [0.25, 0.3) is 142 Å². The van der Waals surface area contributed by atoms with Crippen molar-refractivity contribution in [2.45, 2.75) is 0 Å². The van der Waals surface area contributed by atoms with Gasteiger partial charge in [0.25, 0.3) is 0 Å². The summed E-state index contributed by atoms with van der Waals surface area (Å²) < 4.78 is 77.3. The Hall–Kier alpha value is -9.30. The Morgan fingerprint density at radius 1 is 0.254 bits per heavy atom. The SMILES string of the molecule is [2H]c1c([2H])c([2H])c2c(-c3cccc4ccccc34)c3c([2H])c([2H])c([2H])c([2H])c3c(-c3ccc4ccccc4c3)c2c1[2H].c1ccc(-c2c3ccccc3c(-c3cccc4oc5cc6ccccc6cc5c34)c3ccccc23)cc1. The number of hydrogen-bond acceptors (Lipinski definition) is 1. The third-order valence-corrected chi connectivity index (χ3v) is 14.1. The van der Waals surface area contributed by atoms with Crippen molar-refractivity contribution in [2.75, 3.05) is 0 Å². The highest BCUT2D eigenvalue weighted by Crippen LogP contribution is 2.48. The first-order valence-electron chi connectivity index (χ1n) is 27.8. The fraction of sp³-hybridized carbons (Fsp3) is 0. The molecule has 15 rings (SSSR count). The molecule has 0 aliphatic carbocycles. The third-order valence-electron chi connectivity index (χ3n) is 14.1. The zero-order valence-electron chi connectivity index (χ0n) is 46.2. The van der Waals surface area contributed by atoms with Gasteiger partial charge in [0.05, 0.1) is 11.0 Å². The molecule has 0 atom stereocenters. The van der Waals surface area contributed by atoms with Gasteiger partial charge in [0, 0.05) is 10.8 Å². The van der Waals surface area contributed by atoms with Gasteiger partial charge in [-0.25, -0.2) is 0 Å². The second-order valence-electron chi connectivity index (χ2n) is 18.0. The molecule has 0 bridgehead atoms. The van der Waals surface area contributed by atoms with Crippen molar-refractivity contribution >= 4 is 97.3 Å². The summed E-state index contributed by atoms with van der Waals surface area (Å²) in [6.07, 6.45) is 0. The summed E-state index contributed by atoms with van der Waals surface area (Å²) in [6.45, 7) is 0. The zero-order chi connectivity index (χ0) is 53.8. The number of rotatable bonds is 4. The minimum absolute atomic E-state index is 0.219. The second-order valence-corrected chi connectivity index (χ2v) is 18.0. The average Bonchev–Trinajstić information content (AvgIpc) is 3.92. The van der Waals surface area contributed by atoms with Crippen molar-refractivity contribution in [2.24, 2.45) is 0 Å². The molecule has 1 heteroatoms. The van der Waals surface area contributed by atoms with E-state index in [-0.39, 0.29) is 45.7 Å². The number of hydrogen-bond donors (Lipinski definition) is 0. The van der Waals surface area contributed by atoms with Crippen LogP contribution in [-0.4, -0.2) is 0 Å². The summed E-state index contributed by atoms with van der Waals surface area (Å²) in [5, 5.41) is 14.2. The highest BCUT2D eigenvalue weighted by atomic mass is 16.3. The smallest absolute Gasteiger partial charge is 0.136 e. The van der Waals surface area contributed by atoms with E-state index in [1.807, 2.05) is 84.9 Å². The Kier molecular flexibility index (Phi) is 7.83. The fourth-order valence-corrected chi connectivity index (χ4v) is 11.0. The molecule has 71 heavy (non-hydrogen) atoms. The van der Waals surface area contributed by atoms with E-state index in [1.165, 1.54) is 60.0 Å². The van der Waals surface area contributed by atoms with E-state index in [4.69, 9.17) is 15.4 Å². The predicted octanol–water partition coefficient (Wildman–Crippen LogP) is 20.0. The number of fused-ring (bicyclic) bond motifs is 10. The molecule has 1 aromatic heterocycles. The van der Waals surface area contributed by atoms with Gasteiger partial charge in [-0.05, 0) is 144 Å². The van der Waals surface area contributed by atoms with Crippen LogP contribution in [0, 0.1) is 0 Å². The van der Waals surface area contributed by atoms with E-state index < -0.39 is 24.2 Å². The molecule has 0 spiro atoms. The number of furan rings is 1. The molecule has 330 valence electrons. The summed E-state index contributed by atoms with van der Waals surface area (Å²) in [7, 11) is 0. The van der Waals surface area contributed by atoms with Crippen LogP contribution < -0.4 is 0 Å². The van der Waals surface area contributed by atoms with E-state index >= 15 is 0 Å². The number of benzene rings is 14. The van der Waals surface area contributed by atoms with Crippen molar-refractivity contribution in [1.29, 1.82) is 0 Å². The molecule has 0 amide bonds. The van der Waals surface area contributed by atoms with Crippen LogP contribution in [0.1, 0.15) is 11.0 Å². The third kappa shape index (κ3) is 6.70. The summed E-state index contributed by atoms with van der Waals surface area (Å²) >= 11 is 0. The lowest BCUT2D eigenvalue weighted by atomic mass is 9.84. The molecule has 0 aliphatic heterocycles. The summed E-state index contributed by atoms with van der Waals surface area (Å²) in [6, 6.07) is 71.8. The standard InChI is InChI=1S/C36H22O.C34H22/c1-2-11-23(12-3-1)34-26-15-6-8-17-28(26)35(29-18-9-7-16-27(29)34)30-19-10-20-32-36(30)31-21-24-13-4-5-14-25(24)22-33(31)37-32;1-2-12-25-22-26(21-20-23(25)10-1)33-29-15-5-7-17-31(29)34(32-18-8-6-16-30(32)33)28-19-9-13-24-11-3-4-14-27(24)28/h1-22H;1-22H/i;5D,6D,7D,8D,15D,16D,17D,18D. The molecule has 0 aliphatic rings. The van der Waals surface area contributed by atoms with Crippen molar-refractivity contribution in [3.05, 3.63) is 267 Å². The van der Waals surface area contributed by atoms with Crippen molar-refractivity contribution < 1.29 is 15.4 Å². The molecule has 0 radical (unpaired) electrons. The summed E-state index contributed by atoms with van der Waals surface area (Å²) in [5.74, 6) is 0. The van der Waals surface area contributed by atoms with Crippen LogP contribution in [0.3, 0.4) is 0 Å². The zero-order valence-corrected chi connectivity index (χ0v) is 38.2. The fourth-order valence-electron chi connectivity index (χ4n) is 11.0. The maximum absolute atomic E-state index is 9.13. The minimum atomic E-state index is -0.404. The first-order valence-corrected chi connectivity index (χ1v) is 23.8. The summed E-state index contributed by atoms with van der Waals surface area (Å²) in [5.41, 5.74) is 8.77. The molecule has 0 unspecified atom stereocenters. The van der Waals surface area contributed by atoms with Crippen molar-refractivity contribution in [1.82, 2.24) is 0 Å². The molecule has 0 saturated carbocycles. The van der Waals surface area contributed by atoms with Crippen LogP contribution in [0.2, 0.25) is 0 Å². The Balaban J connectivity index is 0.000000144. The highest BCUT2D eigenvalue weighted by molar-refractivity contribution is 6.27. The Morgan fingerprint density at radius 2 is 0.704 bits per heavy atom. The lowest BCUT2D eigenvalue weighted by Crippen LogP contribution is -1.91. The van der Waals surface area contributed by atoms with Gasteiger partial charge in [0.2, 0.25) is 0 Å². The van der Waals surface area contributed by atoms with Crippen LogP contribution >= 0.6 is 0 Å². The predicted molar refractivity (Wildman–Crippen MR) is 304 cm³/mol. The molecule has 15 aromatic rings. The monoisotopic (exact) mass is 908 g/mol. The lowest BCUT2D eigenvalue weighted by Gasteiger charge is -2.19. The molecule has 1 heterocycles. The maximum Gasteiger partial charge on any atom is 0.136 e. The molecular weight excluding hydrogens is 857 g/mol. The van der Waals surface area contributed by atoms with Crippen LogP contribution in [0.4, 0.5) is 0 Å². The minimum Gasteiger partial charge on any atom is -0.456 e. The van der Waals surface area contributed by atoms with Gasteiger partial charge < -0.3 is 4.42 Å². The van der Waals surface area contributed by atoms with Gasteiger partial charge >= 0.3 is 0 Å². The first kappa shape index (κ1) is 33.2. The second kappa shape index (κ2) is 16.7. The summed E-state index contributed by atoms with van der Waals surface area (Å²) in [4.78, 5) is 0. The highest BCUT2D eigenvalue weighted by Gasteiger charge is 2.21. The molecular formula is C70H44O. The molecule has 0 saturated heterocycles. The van der Waals surface area contributed by atoms with Crippen LogP contribution in [-0.2, 0) is 0 Å². The van der Waals surface area contributed by atoms with Gasteiger partial charge in [0.1, 0.15) is 11.2 Å². The lowest BCUT2D eigenvalue weighted by molar-refractivity contribution is 0.669. The van der Waals surface area contributed by atoms with Gasteiger partial charge in [-0.15, -0.1) is 0 Å². The normalized spacial score (nSPS) is 13.2. The van der Waals surface area contributed by atoms with E-state index in [9.17, 15) is 0 Å². The van der Waals surface area contributed by atoms with E-state index in [0.29, 0.717) is 22.3 Å². The van der Waals surface area contributed by atoms with Gasteiger partial charge in [0.15, 0.2) is 0 Å². The average molecular weight is 909 g/mol.